The molecule has 13 unspecified atom stereocenters. The van der Waals surface area contributed by atoms with Crippen molar-refractivity contribution < 1.29 is 95.2 Å². The molecule has 0 bridgehead atoms. The van der Waals surface area contributed by atoms with E-state index >= 15 is 0 Å². The Hall–Kier alpha value is -9.35. The fraction of sp³-hybridized carbons (Fsp3) is 0.725. The molecule has 0 saturated carbocycles. The molecular formula is C69H93N15O29. The maximum absolute atomic E-state index is 12.7. The summed E-state index contributed by atoms with van der Waals surface area (Å²) in [5.41, 5.74) is -6.61. The second-order valence-corrected chi connectivity index (χ2v) is 29.4. The minimum Gasteiger partial charge on any atom is -0.371 e. The number of rotatable bonds is 32. The number of carbonyl (C=O) groups excluding carboxylic acids is 8. The molecule has 618 valence electrons. The summed E-state index contributed by atoms with van der Waals surface area (Å²) in [7, 11) is 0. The van der Waals surface area contributed by atoms with E-state index < -0.39 is 80.5 Å². The van der Waals surface area contributed by atoms with Gasteiger partial charge in [-0.25, -0.2) is 94.1 Å². The summed E-state index contributed by atoms with van der Waals surface area (Å²) in [6.07, 6.45) is 3.45. The zero-order valence-corrected chi connectivity index (χ0v) is 63.0. The van der Waals surface area contributed by atoms with E-state index in [1.165, 1.54) is 20.8 Å². The van der Waals surface area contributed by atoms with Crippen molar-refractivity contribution in [1.29, 1.82) is 0 Å². The van der Waals surface area contributed by atoms with Gasteiger partial charge < -0.3 is 61.7 Å². The number of allylic oxidation sites excluding steroid dienone is 1. The van der Waals surface area contributed by atoms with E-state index in [1.807, 2.05) is 27.7 Å². The molecule has 1 N–H and O–H groups in total. The third-order valence-corrected chi connectivity index (χ3v) is 20.6. The van der Waals surface area contributed by atoms with Crippen LogP contribution in [0.15, 0.2) is 55.8 Å². The number of H-pyrrole nitrogens is 1. The molecule has 11 amide bonds. The highest BCUT2D eigenvalue weighted by Crippen LogP contribution is 2.38. The van der Waals surface area contributed by atoms with Crippen LogP contribution in [-0.4, -0.2) is 316 Å². The highest BCUT2D eigenvalue weighted by atomic mass is 16.6. The van der Waals surface area contributed by atoms with E-state index in [-0.39, 0.29) is 181 Å². The lowest BCUT2D eigenvalue weighted by Crippen LogP contribution is -2.66. The highest BCUT2D eigenvalue weighted by Gasteiger charge is 2.57. The van der Waals surface area contributed by atoms with Gasteiger partial charge in [0.2, 0.25) is 23.6 Å². The van der Waals surface area contributed by atoms with Crippen LogP contribution >= 0.6 is 0 Å². The summed E-state index contributed by atoms with van der Waals surface area (Å²) in [5, 5.41) is 0. The van der Waals surface area contributed by atoms with Crippen LogP contribution in [0.4, 0.5) is 14.4 Å². The Morgan fingerprint density at radius 2 is 0.619 bits per heavy atom. The van der Waals surface area contributed by atoms with Crippen molar-refractivity contribution in [1.82, 2.24) is 70.9 Å². The van der Waals surface area contributed by atoms with Gasteiger partial charge >= 0.3 is 69.3 Å². The Morgan fingerprint density at radius 3 is 0.929 bits per heavy atom. The summed E-state index contributed by atoms with van der Waals surface area (Å²) in [6, 6.07) is -1.58. The first-order chi connectivity index (χ1) is 54.3. The zero-order chi connectivity index (χ0) is 80.4. The minimum atomic E-state index is -1.13. The second kappa shape index (κ2) is 34.8. The van der Waals surface area contributed by atoms with E-state index in [0.717, 1.165) is 52.8 Å². The summed E-state index contributed by atoms with van der Waals surface area (Å²) in [4.78, 5) is 216. The average molecular weight is 1600 g/mol. The number of nitrogens with zero attached hydrogens (tertiary/aromatic N) is 14. The van der Waals surface area contributed by atoms with Crippen LogP contribution in [-0.2, 0) is 133 Å². The Kier molecular flexibility index (Phi) is 25.1. The lowest BCUT2D eigenvalue weighted by Gasteiger charge is -2.43. The average Bonchev–Trinajstić information content (AvgIpc) is 1.51. The SMILES string of the molecule is C=CCn1c(=O)n(CC2CO2)c(=O)n(CC2CO2)c1=O.CCC1(CC)C(=O)N(CC2CO2)C(=O)N(CC2CO2)C1=O.CCC1C(=O)N(CC2CO2)C(=O)N1CC1CO1.CCCCn1c(=O)n(CC2CO2)c(=O)n(CC2CO2)c1=O.O=C1CC(=O)N(CC2CO2)C(=O)N1CC1CO1.O=c1[nH]c(=O)n(CC2CO2)c(=O)n1CC1CO1. The molecule has 18 heterocycles. The lowest BCUT2D eigenvalue weighted by molar-refractivity contribution is -0.160. The van der Waals surface area contributed by atoms with E-state index in [2.05, 4.69) is 11.6 Å². The first-order valence-electron chi connectivity index (χ1n) is 38.0. The molecule has 15 aliphatic heterocycles. The molecule has 44 nitrogen and oxygen atoms in total. The number of urea groups is 3. The fourth-order valence-corrected chi connectivity index (χ4v) is 12.8. The number of hydrogen-bond acceptors (Lipinski definition) is 29. The van der Waals surface area contributed by atoms with Crippen LogP contribution in [0, 0.1) is 5.41 Å². The predicted molar refractivity (Wildman–Crippen MR) is 379 cm³/mol. The van der Waals surface area contributed by atoms with Crippen molar-refractivity contribution in [2.45, 2.75) is 198 Å². The van der Waals surface area contributed by atoms with Crippen molar-refractivity contribution in [2.75, 3.05) is 119 Å². The molecule has 0 spiro atoms. The maximum atomic E-state index is 12.7. The monoisotopic (exact) mass is 1600 g/mol. The fourth-order valence-electron chi connectivity index (χ4n) is 12.8. The molecule has 3 aromatic heterocycles. The molecule has 15 fully saturated rings. The third kappa shape index (κ3) is 20.4. The number of epoxide rings is 12. The summed E-state index contributed by atoms with van der Waals surface area (Å²) in [5.74, 6) is -1.74. The minimum absolute atomic E-state index is 0.0533. The van der Waals surface area contributed by atoms with Crippen molar-refractivity contribution in [3.63, 3.8) is 0 Å². The molecule has 0 aromatic carbocycles. The molecule has 18 rings (SSSR count). The van der Waals surface area contributed by atoms with Gasteiger partial charge in [-0.3, -0.25) is 53.5 Å². The standard InChI is InChI=1S/C14H20N2O5.C13H19N3O5.C12H15N3O5.C11H16N2O4.C10H12N2O5.C9H11N3O5/c1-3-14(4-2)11(17)15(5-9-7-20-9)13(19)16(12(14)18)6-10-8-21-10;1-2-3-4-14-11(17)15(5-9-7-20-9)13(19)16(12(14)18)6-10-8-21-10;1-2-3-13-10(16)14(4-8-6-19-8)12(18)15(11(13)17)5-9-7-20-9;1-2-9-10(14)13(4-8-6-17-8)11(15)12(9)3-7-5-16-7;13-8-1-9(14)12(3-7-5-17-7)10(15)11(8)2-6-4-16-6;13-7-10-8(14)12(2-6-4-17-6)9(15)11(7)1-5-3-16-5/h9-10H,3-8H2,1-2H3;9-10H,2-8H2,1H3;2,8-9H,1,3-7H2;7-9H,2-6H2,1H3;6-7H,1-5H2;5-6H,1-4H2,(H,10,13,14). The molecular weight excluding hydrogens is 1500 g/mol. The van der Waals surface area contributed by atoms with Crippen molar-refractivity contribution in [2.24, 2.45) is 5.41 Å². The van der Waals surface area contributed by atoms with Gasteiger partial charge in [-0.2, -0.15) is 0 Å². The quantitative estimate of drug-likeness (QED) is 0.0263. The molecule has 13 atom stereocenters. The number of barbiturate groups is 2. The van der Waals surface area contributed by atoms with Gasteiger partial charge in [0, 0.05) is 6.54 Å². The van der Waals surface area contributed by atoms with Gasteiger partial charge in [-0.05, 0) is 25.7 Å². The zero-order valence-electron chi connectivity index (χ0n) is 63.0. The normalized spacial score (nSPS) is 28.3. The third-order valence-electron chi connectivity index (χ3n) is 20.6. The number of aromatic amines is 1. The van der Waals surface area contributed by atoms with Gasteiger partial charge in [0.15, 0.2) is 0 Å². The van der Waals surface area contributed by atoms with E-state index in [1.54, 1.807) is 4.90 Å². The number of amides is 11. The number of hydrogen-bond donors (Lipinski definition) is 1. The molecule has 0 radical (unpaired) electrons. The van der Waals surface area contributed by atoms with Crippen molar-refractivity contribution in [3.8, 4) is 0 Å². The Labute approximate surface area is 640 Å². The number of carbonyl (C=O) groups is 8. The van der Waals surface area contributed by atoms with E-state index in [9.17, 15) is 81.5 Å². The van der Waals surface area contributed by atoms with E-state index in [4.69, 9.17) is 56.8 Å². The Balaban J connectivity index is 0.000000119. The smallest absolute Gasteiger partial charge is 0.336 e. The van der Waals surface area contributed by atoms with Gasteiger partial charge in [-0.15, -0.1) is 6.58 Å². The van der Waals surface area contributed by atoms with Gasteiger partial charge in [0.05, 0.1) is 238 Å². The number of aromatic nitrogens is 9. The van der Waals surface area contributed by atoms with Gasteiger partial charge in [-0.1, -0.05) is 40.2 Å². The number of nitrogens with one attached hydrogen (secondary N) is 1. The summed E-state index contributed by atoms with van der Waals surface area (Å²) < 4.78 is 69.1. The van der Waals surface area contributed by atoms with Crippen LogP contribution in [0.3, 0.4) is 0 Å². The first-order valence-corrected chi connectivity index (χ1v) is 38.0. The van der Waals surface area contributed by atoms with Gasteiger partial charge in [0.1, 0.15) is 17.9 Å². The van der Waals surface area contributed by atoms with Crippen molar-refractivity contribution >= 4 is 47.6 Å². The van der Waals surface area contributed by atoms with Crippen molar-refractivity contribution in [3.05, 3.63) is 107 Å². The number of ether oxygens (including phenoxy) is 12. The Morgan fingerprint density at radius 1 is 0.345 bits per heavy atom. The van der Waals surface area contributed by atoms with Crippen LogP contribution in [0.25, 0.3) is 0 Å². The summed E-state index contributed by atoms with van der Waals surface area (Å²) >= 11 is 0. The van der Waals surface area contributed by atoms with Crippen LogP contribution < -0.4 is 51.2 Å². The molecule has 113 heavy (non-hydrogen) atoms. The molecule has 3 aromatic rings. The first kappa shape index (κ1) is 81.7. The molecule has 15 saturated heterocycles. The predicted octanol–water partition coefficient (Wildman–Crippen LogP) is -6.41. The molecule has 44 heteroatoms. The van der Waals surface area contributed by atoms with E-state index in [0.29, 0.717) is 125 Å². The van der Waals surface area contributed by atoms with Crippen LogP contribution in [0.2, 0.25) is 0 Å². The van der Waals surface area contributed by atoms with Gasteiger partial charge in [0.25, 0.3) is 5.91 Å². The van der Waals surface area contributed by atoms with Crippen LogP contribution in [0.1, 0.15) is 66.2 Å². The Bertz CT molecular complexity index is 4490. The molecule has 0 aliphatic carbocycles. The molecule has 15 aliphatic rings. The second-order valence-electron chi connectivity index (χ2n) is 29.4. The summed E-state index contributed by atoms with van der Waals surface area (Å²) in [6.45, 7) is 21.2. The van der Waals surface area contributed by atoms with Crippen LogP contribution in [0.5, 0.6) is 0 Å². The number of unbranched alkanes of at least 4 members (excludes halogenated alkanes) is 1. The lowest BCUT2D eigenvalue weighted by atomic mass is 9.78. The topological polar surface area (TPSA) is 515 Å². The largest absolute Gasteiger partial charge is 0.371 e. The maximum Gasteiger partial charge on any atom is 0.336 e. The number of imide groups is 5. The highest BCUT2D eigenvalue weighted by molar-refractivity contribution is 6.19.